The van der Waals surface area contributed by atoms with Gasteiger partial charge in [0, 0.05) is 9.50 Å². The number of alkyl halides is 1. The zero-order chi connectivity index (χ0) is 10.8. The van der Waals surface area contributed by atoms with Gasteiger partial charge in [-0.15, -0.1) is 16.7 Å². The Morgan fingerprint density at radius 1 is 1.33 bits per heavy atom. The lowest BCUT2D eigenvalue weighted by Crippen LogP contribution is -2.00. The molecule has 0 radical (unpaired) electrons. The molecule has 2 aromatic rings. The topological polar surface area (TPSA) is 30.7 Å². The third-order valence-corrected chi connectivity index (χ3v) is 2.80. The molecule has 1 heterocycles. The molecule has 0 aliphatic rings. The lowest BCUT2D eigenvalue weighted by Gasteiger charge is -2.05. The van der Waals surface area contributed by atoms with Gasteiger partial charge < -0.3 is 0 Å². The van der Waals surface area contributed by atoms with E-state index in [-0.39, 0.29) is 0 Å². The van der Waals surface area contributed by atoms with Crippen LogP contribution in [0.3, 0.4) is 0 Å². The van der Waals surface area contributed by atoms with E-state index in [0.29, 0.717) is 10.9 Å². The third-order valence-electron chi connectivity index (χ3n) is 1.85. The van der Waals surface area contributed by atoms with Crippen molar-refractivity contribution in [2.45, 2.75) is 5.88 Å². The largest absolute Gasteiger partial charge is 0.216 e. The highest BCUT2D eigenvalue weighted by molar-refractivity contribution is 9.10. The summed E-state index contributed by atoms with van der Waals surface area (Å²) in [5.74, 6) is 0.358. The van der Waals surface area contributed by atoms with Gasteiger partial charge in [-0.2, -0.15) is 0 Å². The molecule has 0 bridgehead atoms. The Hall–Kier alpha value is -0.580. The van der Waals surface area contributed by atoms with Gasteiger partial charge >= 0.3 is 0 Å². The summed E-state index contributed by atoms with van der Waals surface area (Å²) in [6.45, 7) is 0. The quantitative estimate of drug-likeness (QED) is 0.796. The molecule has 0 unspecified atom stereocenters. The molecule has 1 aromatic heterocycles. The summed E-state index contributed by atoms with van der Waals surface area (Å²) in [4.78, 5) is 0. The molecule has 0 saturated heterocycles. The summed E-state index contributed by atoms with van der Waals surface area (Å²) >= 11 is 15.1. The minimum Gasteiger partial charge on any atom is -0.216 e. The highest BCUT2D eigenvalue weighted by Crippen LogP contribution is 2.22. The first kappa shape index (κ1) is 10.9. The SMILES string of the molecule is ClCc1cnnn1-c1cc(Cl)cc(Br)c1. The summed E-state index contributed by atoms with van der Waals surface area (Å²) in [5, 5.41) is 8.38. The minimum atomic E-state index is 0.358. The Morgan fingerprint density at radius 3 is 2.80 bits per heavy atom. The van der Waals surface area contributed by atoms with E-state index in [9.17, 15) is 0 Å². The van der Waals surface area contributed by atoms with Gasteiger partial charge in [0.25, 0.3) is 0 Å². The van der Waals surface area contributed by atoms with E-state index in [4.69, 9.17) is 23.2 Å². The van der Waals surface area contributed by atoms with Crippen LogP contribution in [-0.4, -0.2) is 15.0 Å². The molecule has 0 aliphatic heterocycles. The number of nitrogens with zero attached hydrogens (tertiary/aromatic N) is 3. The van der Waals surface area contributed by atoms with E-state index in [1.165, 1.54) is 0 Å². The molecule has 3 nitrogen and oxygen atoms in total. The van der Waals surface area contributed by atoms with Crippen LogP contribution in [0.1, 0.15) is 5.69 Å². The summed E-state index contributed by atoms with van der Waals surface area (Å²) < 4.78 is 2.55. The molecule has 15 heavy (non-hydrogen) atoms. The van der Waals surface area contributed by atoms with Crippen molar-refractivity contribution in [3.05, 3.63) is 39.6 Å². The molecule has 2 rings (SSSR count). The summed E-state index contributed by atoms with van der Waals surface area (Å²) in [7, 11) is 0. The predicted octanol–water partition coefficient (Wildman–Crippen LogP) is 3.42. The first-order chi connectivity index (χ1) is 7.20. The van der Waals surface area contributed by atoms with Gasteiger partial charge in [-0.05, 0) is 18.2 Å². The second-order valence-corrected chi connectivity index (χ2v) is 4.52. The van der Waals surface area contributed by atoms with Gasteiger partial charge in [0.1, 0.15) is 0 Å². The predicted molar refractivity (Wildman–Crippen MR) is 63.6 cm³/mol. The summed E-state index contributed by atoms with van der Waals surface area (Å²) in [6, 6.07) is 5.51. The lowest BCUT2D eigenvalue weighted by molar-refractivity contribution is 0.781. The van der Waals surface area contributed by atoms with E-state index in [1.807, 2.05) is 12.1 Å². The van der Waals surface area contributed by atoms with E-state index < -0.39 is 0 Å². The Labute approximate surface area is 105 Å². The molecule has 0 amide bonds. The molecule has 78 valence electrons. The van der Waals surface area contributed by atoms with Crippen molar-refractivity contribution in [2.75, 3.05) is 0 Å². The van der Waals surface area contributed by atoms with Crippen LogP contribution >= 0.6 is 39.1 Å². The summed E-state index contributed by atoms with van der Waals surface area (Å²) in [6.07, 6.45) is 1.63. The Morgan fingerprint density at radius 2 is 2.13 bits per heavy atom. The fraction of sp³-hybridized carbons (Fsp3) is 0.111. The molecule has 0 atom stereocenters. The number of hydrogen-bond donors (Lipinski definition) is 0. The van der Waals surface area contributed by atoms with Crippen LogP contribution in [0, 0.1) is 0 Å². The monoisotopic (exact) mass is 305 g/mol. The van der Waals surface area contributed by atoms with Crippen LogP contribution in [0.15, 0.2) is 28.9 Å². The average molecular weight is 307 g/mol. The third kappa shape index (κ3) is 2.33. The van der Waals surface area contributed by atoms with Crippen molar-refractivity contribution >= 4 is 39.1 Å². The van der Waals surface area contributed by atoms with E-state index in [1.54, 1.807) is 16.9 Å². The smallest absolute Gasteiger partial charge is 0.0793 e. The van der Waals surface area contributed by atoms with Gasteiger partial charge in [0.2, 0.25) is 0 Å². The molecule has 0 fully saturated rings. The second kappa shape index (κ2) is 4.51. The van der Waals surface area contributed by atoms with Gasteiger partial charge in [-0.1, -0.05) is 32.7 Å². The van der Waals surface area contributed by atoms with Crippen molar-refractivity contribution in [1.82, 2.24) is 15.0 Å². The number of rotatable bonds is 2. The van der Waals surface area contributed by atoms with E-state index >= 15 is 0 Å². The van der Waals surface area contributed by atoms with Crippen LogP contribution in [0.25, 0.3) is 5.69 Å². The zero-order valence-electron chi connectivity index (χ0n) is 7.49. The van der Waals surface area contributed by atoms with E-state index in [0.717, 1.165) is 15.9 Å². The second-order valence-electron chi connectivity index (χ2n) is 2.90. The zero-order valence-corrected chi connectivity index (χ0v) is 10.6. The molecule has 6 heteroatoms. The van der Waals surface area contributed by atoms with Crippen LogP contribution in [0.5, 0.6) is 0 Å². The van der Waals surface area contributed by atoms with Gasteiger partial charge in [-0.3, -0.25) is 0 Å². The maximum absolute atomic E-state index is 5.94. The fourth-order valence-electron chi connectivity index (χ4n) is 1.23. The molecular weight excluding hydrogens is 301 g/mol. The Bertz CT molecular complexity index is 464. The number of benzene rings is 1. The molecular formula is C9H6BrCl2N3. The lowest BCUT2D eigenvalue weighted by atomic mass is 10.3. The van der Waals surface area contributed by atoms with Gasteiger partial charge in [0.15, 0.2) is 0 Å². The standard InChI is InChI=1S/C9H6BrCl2N3/c10-6-1-7(12)3-8(2-6)15-9(4-11)5-13-14-15/h1-3,5H,4H2. The first-order valence-electron chi connectivity index (χ1n) is 4.12. The average Bonchev–Trinajstić information content (AvgIpc) is 2.63. The van der Waals surface area contributed by atoms with Crippen molar-refractivity contribution in [2.24, 2.45) is 0 Å². The Balaban J connectivity index is 2.53. The van der Waals surface area contributed by atoms with Crippen LogP contribution in [-0.2, 0) is 5.88 Å². The van der Waals surface area contributed by atoms with Crippen LogP contribution < -0.4 is 0 Å². The summed E-state index contributed by atoms with van der Waals surface area (Å²) in [5.41, 5.74) is 1.66. The minimum absolute atomic E-state index is 0.358. The highest BCUT2D eigenvalue weighted by atomic mass is 79.9. The molecule has 0 spiro atoms. The van der Waals surface area contributed by atoms with Gasteiger partial charge in [0.05, 0.1) is 23.5 Å². The first-order valence-corrected chi connectivity index (χ1v) is 5.83. The highest BCUT2D eigenvalue weighted by Gasteiger charge is 2.06. The molecule has 0 aliphatic carbocycles. The number of aromatic nitrogens is 3. The van der Waals surface area contributed by atoms with Crippen LogP contribution in [0.4, 0.5) is 0 Å². The maximum Gasteiger partial charge on any atom is 0.0793 e. The fourth-order valence-corrected chi connectivity index (χ4v) is 2.25. The molecule has 1 aromatic carbocycles. The van der Waals surface area contributed by atoms with Crippen molar-refractivity contribution in [3.8, 4) is 5.69 Å². The molecule has 0 N–H and O–H groups in total. The van der Waals surface area contributed by atoms with Crippen LogP contribution in [0.2, 0.25) is 5.02 Å². The van der Waals surface area contributed by atoms with Crippen molar-refractivity contribution in [3.63, 3.8) is 0 Å². The normalized spacial score (nSPS) is 10.6. The maximum atomic E-state index is 5.94. The van der Waals surface area contributed by atoms with Crippen molar-refractivity contribution < 1.29 is 0 Å². The number of hydrogen-bond acceptors (Lipinski definition) is 2. The van der Waals surface area contributed by atoms with Crippen molar-refractivity contribution in [1.29, 1.82) is 0 Å². The Kier molecular flexibility index (Phi) is 3.29. The molecule has 0 saturated carbocycles. The van der Waals surface area contributed by atoms with E-state index in [2.05, 4.69) is 26.2 Å². The number of halogens is 3. The van der Waals surface area contributed by atoms with Gasteiger partial charge in [-0.25, -0.2) is 4.68 Å².